The lowest BCUT2D eigenvalue weighted by Gasteiger charge is -2.19. The zero-order valence-electron chi connectivity index (χ0n) is 9.55. The molecule has 0 aliphatic rings. The van der Waals surface area contributed by atoms with E-state index in [1.165, 1.54) is 0 Å². The van der Waals surface area contributed by atoms with Crippen LogP contribution in [0.1, 0.15) is 18.6 Å². The van der Waals surface area contributed by atoms with Gasteiger partial charge in [0.2, 0.25) is 0 Å². The van der Waals surface area contributed by atoms with E-state index in [0.717, 1.165) is 16.3 Å². The van der Waals surface area contributed by atoms with Crippen LogP contribution in [-0.2, 0) is 4.74 Å². The predicted octanol–water partition coefficient (Wildman–Crippen LogP) is 2.91. The highest BCUT2D eigenvalue weighted by Gasteiger charge is 2.17. The molecule has 2 aromatic carbocycles. The number of hydrogen-bond acceptors (Lipinski definition) is 2. The summed E-state index contributed by atoms with van der Waals surface area (Å²) in [4.78, 5) is 0. The van der Waals surface area contributed by atoms with Crippen molar-refractivity contribution in [2.75, 3.05) is 7.11 Å². The van der Waals surface area contributed by atoms with Crippen molar-refractivity contribution < 1.29 is 9.84 Å². The predicted molar refractivity (Wildman–Crippen MR) is 65.4 cm³/mol. The van der Waals surface area contributed by atoms with Gasteiger partial charge in [-0.05, 0) is 23.3 Å². The average molecular weight is 216 g/mol. The summed E-state index contributed by atoms with van der Waals surface area (Å²) in [5, 5.41) is 12.4. The van der Waals surface area contributed by atoms with Gasteiger partial charge >= 0.3 is 0 Å². The standard InChI is InChI=1S/C14H16O2/c1-10(16-2)14(15)13-9-5-7-11-6-3-4-8-12(11)13/h3-10,14-15H,1-2H3. The topological polar surface area (TPSA) is 29.5 Å². The van der Waals surface area contributed by atoms with Crippen LogP contribution >= 0.6 is 0 Å². The number of hydrogen-bond donors (Lipinski definition) is 1. The van der Waals surface area contributed by atoms with E-state index in [2.05, 4.69) is 0 Å². The summed E-state index contributed by atoms with van der Waals surface area (Å²) in [7, 11) is 1.61. The smallest absolute Gasteiger partial charge is 0.105 e. The van der Waals surface area contributed by atoms with Gasteiger partial charge in [-0.1, -0.05) is 42.5 Å². The molecule has 2 nitrogen and oxygen atoms in total. The molecule has 2 aromatic rings. The number of fused-ring (bicyclic) bond motifs is 1. The SMILES string of the molecule is COC(C)C(O)c1cccc2ccccc12. The summed E-state index contributed by atoms with van der Waals surface area (Å²) in [6.45, 7) is 1.87. The van der Waals surface area contributed by atoms with Crippen molar-refractivity contribution in [3.8, 4) is 0 Å². The van der Waals surface area contributed by atoms with E-state index < -0.39 is 6.10 Å². The molecule has 0 bridgehead atoms. The number of aliphatic hydroxyl groups excluding tert-OH is 1. The first kappa shape index (κ1) is 11.1. The highest BCUT2D eigenvalue weighted by Crippen LogP contribution is 2.26. The monoisotopic (exact) mass is 216 g/mol. The Morgan fingerprint density at radius 2 is 1.75 bits per heavy atom. The van der Waals surface area contributed by atoms with E-state index in [4.69, 9.17) is 4.74 Å². The Hall–Kier alpha value is -1.38. The third kappa shape index (κ3) is 1.94. The minimum atomic E-state index is -0.587. The Balaban J connectivity index is 2.52. The molecule has 2 unspecified atom stereocenters. The maximum absolute atomic E-state index is 10.2. The lowest BCUT2D eigenvalue weighted by Crippen LogP contribution is -2.17. The molecule has 2 heteroatoms. The maximum atomic E-state index is 10.2. The van der Waals surface area contributed by atoms with Gasteiger partial charge in [-0.3, -0.25) is 0 Å². The second kappa shape index (κ2) is 4.64. The molecule has 0 heterocycles. The van der Waals surface area contributed by atoms with Crippen LogP contribution in [0.3, 0.4) is 0 Å². The van der Waals surface area contributed by atoms with Gasteiger partial charge in [-0.2, -0.15) is 0 Å². The van der Waals surface area contributed by atoms with Crippen LogP contribution in [0.25, 0.3) is 10.8 Å². The Bertz CT molecular complexity index is 474. The molecule has 0 radical (unpaired) electrons. The number of aliphatic hydroxyl groups is 1. The first-order valence-electron chi connectivity index (χ1n) is 5.42. The first-order valence-corrected chi connectivity index (χ1v) is 5.42. The minimum Gasteiger partial charge on any atom is -0.386 e. The molecule has 0 saturated heterocycles. The summed E-state index contributed by atoms with van der Waals surface area (Å²) in [6, 6.07) is 14.0. The van der Waals surface area contributed by atoms with Gasteiger partial charge in [0.1, 0.15) is 6.10 Å². The van der Waals surface area contributed by atoms with Gasteiger partial charge < -0.3 is 9.84 Å². The molecule has 0 fully saturated rings. The molecule has 2 rings (SSSR count). The Morgan fingerprint density at radius 3 is 2.50 bits per heavy atom. The second-order valence-corrected chi connectivity index (χ2v) is 3.95. The van der Waals surface area contributed by atoms with Crippen molar-refractivity contribution >= 4 is 10.8 Å². The molecule has 84 valence electrons. The molecule has 0 amide bonds. The third-order valence-electron chi connectivity index (χ3n) is 2.96. The Kier molecular flexibility index (Phi) is 3.22. The van der Waals surface area contributed by atoms with E-state index in [-0.39, 0.29) is 6.10 Å². The lowest BCUT2D eigenvalue weighted by molar-refractivity contribution is -0.000677. The first-order chi connectivity index (χ1) is 7.74. The largest absolute Gasteiger partial charge is 0.386 e. The maximum Gasteiger partial charge on any atom is 0.105 e. The van der Waals surface area contributed by atoms with Gasteiger partial charge in [0.25, 0.3) is 0 Å². The Labute approximate surface area is 95.5 Å². The van der Waals surface area contributed by atoms with Crippen LogP contribution in [0.2, 0.25) is 0 Å². The molecule has 0 saturated carbocycles. The molecule has 0 spiro atoms. The van der Waals surface area contributed by atoms with Gasteiger partial charge in [0.15, 0.2) is 0 Å². The number of ether oxygens (including phenoxy) is 1. The zero-order valence-corrected chi connectivity index (χ0v) is 9.55. The number of methoxy groups -OCH3 is 1. The van der Waals surface area contributed by atoms with Gasteiger partial charge in [0, 0.05) is 7.11 Å². The fourth-order valence-corrected chi connectivity index (χ4v) is 1.89. The second-order valence-electron chi connectivity index (χ2n) is 3.95. The van der Waals surface area contributed by atoms with Crippen molar-refractivity contribution in [3.63, 3.8) is 0 Å². The molecule has 0 aliphatic carbocycles. The van der Waals surface area contributed by atoms with E-state index in [1.54, 1.807) is 7.11 Å². The number of benzene rings is 2. The van der Waals surface area contributed by atoms with Gasteiger partial charge in [-0.15, -0.1) is 0 Å². The van der Waals surface area contributed by atoms with Crippen LogP contribution in [-0.4, -0.2) is 18.3 Å². The molecule has 1 N–H and O–H groups in total. The van der Waals surface area contributed by atoms with Crippen LogP contribution in [0.4, 0.5) is 0 Å². The van der Waals surface area contributed by atoms with Crippen LogP contribution in [0, 0.1) is 0 Å². The molecule has 16 heavy (non-hydrogen) atoms. The summed E-state index contributed by atoms with van der Waals surface area (Å²) in [5.41, 5.74) is 0.924. The van der Waals surface area contributed by atoms with Crippen molar-refractivity contribution in [1.82, 2.24) is 0 Å². The van der Waals surface area contributed by atoms with E-state index in [0.29, 0.717) is 0 Å². The fraction of sp³-hybridized carbons (Fsp3) is 0.286. The Morgan fingerprint density at radius 1 is 1.06 bits per heavy atom. The third-order valence-corrected chi connectivity index (χ3v) is 2.96. The van der Waals surface area contributed by atoms with E-state index in [1.807, 2.05) is 49.4 Å². The van der Waals surface area contributed by atoms with E-state index in [9.17, 15) is 5.11 Å². The molecular weight excluding hydrogens is 200 g/mol. The normalized spacial score (nSPS) is 14.9. The van der Waals surface area contributed by atoms with Crippen LogP contribution in [0.5, 0.6) is 0 Å². The van der Waals surface area contributed by atoms with Crippen molar-refractivity contribution in [1.29, 1.82) is 0 Å². The highest BCUT2D eigenvalue weighted by molar-refractivity contribution is 5.86. The molecule has 2 atom stereocenters. The van der Waals surface area contributed by atoms with E-state index >= 15 is 0 Å². The van der Waals surface area contributed by atoms with Crippen molar-refractivity contribution in [2.24, 2.45) is 0 Å². The summed E-state index contributed by atoms with van der Waals surface area (Å²) < 4.78 is 5.17. The quantitative estimate of drug-likeness (QED) is 0.854. The lowest BCUT2D eigenvalue weighted by atomic mass is 9.98. The van der Waals surface area contributed by atoms with Gasteiger partial charge in [0.05, 0.1) is 6.10 Å². The summed E-state index contributed by atoms with van der Waals surface area (Å²) in [5.74, 6) is 0. The van der Waals surface area contributed by atoms with Crippen LogP contribution in [0.15, 0.2) is 42.5 Å². The zero-order chi connectivity index (χ0) is 11.5. The number of rotatable bonds is 3. The molecule has 0 aromatic heterocycles. The fourth-order valence-electron chi connectivity index (χ4n) is 1.89. The van der Waals surface area contributed by atoms with Gasteiger partial charge in [-0.25, -0.2) is 0 Å². The van der Waals surface area contributed by atoms with Crippen molar-refractivity contribution in [2.45, 2.75) is 19.1 Å². The summed E-state index contributed by atoms with van der Waals surface area (Å²) in [6.07, 6.45) is -0.790. The summed E-state index contributed by atoms with van der Waals surface area (Å²) >= 11 is 0. The molecule has 0 aliphatic heterocycles. The minimum absolute atomic E-state index is 0.203. The molecular formula is C14H16O2. The van der Waals surface area contributed by atoms with Crippen molar-refractivity contribution in [3.05, 3.63) is 48.0 Å². The highest BCUT2D eigenvalue weighted by atomic mass is 16.5. The van der Waals surface area contributed by atoms with Crippen LogP contribution < -0.4 is 0 Å². The average Bonchev–Trinajstić information content (AvgIpc) is 2.36.